The van der Waals surface area contributed by atoms with Gasteiger partial charge < -0.3 is 11.1 Å². The van der Waals surface area contributed by atoms with Crippen molar-refractivity contribution in [2.45, 2.75) is 6.92 Å². The highest BCUT2D eigenvalue weighted by Crippen LogP contribution is 2.18. The molecule has 0 saturated carbocycles. The molecular formula is C10H16N2OS. The van der Waals surface area contributed by atoms with E-state index in [0.29, 0.717) is 12.3 Å². The van der Waals surface area contributed by atoms with Crippen LogP contribution in [-0.4, -0.2) is 22.8 Å². The van der Waals surface area contributed by atoms with Gasteiger partial charge in [0, 0.05) is 29.4 Å². The third kappa shape index (κ3) is 3.38. The minimum atomic E-state index is -0.754. The highest BCUT2D eigenvalue weighted by Gasteiger charge is 1.98. The quantitative estimate of drug-likeness (QED) is 0.741. The molecule has 1 aromatic rings. The van der Waals surface area contributed by atoms with Crippen molar-refractivity contribution >= 4 is 22.2 Å². The van der Waals surface area contributed by atoms with Gasteiger partial charge in [0.1, 0.15) is 0 Å². The molecule has 3 nitrogen and oxygen atoms in total. The van der Waals surface area contributed by atoms with E-state index in [1.165, 1.54) is 0 Å². The fraction of sp³-hybridized carbons (Fsp3) is 0.400. The van der Waals surface area contributed by atoms with Crippen LogP contribution in [0.3, 0.4) is 0 Å². The lowest BCUT2D eigenvalue weighted by Gasteiger charge is -2.08. The lowest BCUT2D eigenvalue weighted by molar-refractivity contribution is 0.687. The summed E-state index contributed by atoms with van der Waals surface area (Å²) in [4.78, 5) is 0. The van der Waals surface area contributed by atoms with E-state index in [1.807, 2.05) is 25.1 Å². The Morgan fingerprint density at radius 2 is 2.21 bits per heavy atom. The second-order valence-electron chi connectivity index (χ2n) is 3.29. The van der Waals surface area contributed by atoms with E-state index in [1.54, 1.807) is 6.26 Å². The van der Waals surface area contributed by atoms with E-state index < -0.39 is 10.8 Å². The Labute approximate surface area is 87.2 Å². The predicted molar refractivity (Wildman–Crippen MR) is 63.0 cm³/mol. The van der Waals surface area contributed by atoms with Gasteiger partial charge in [-0.15, -0.1) is 0 Å². The Morgan fingerprint density at radius 1 is 1.50 bits per heavy atom. The maximum atomic E-state index is 10.8. The normalized spacial score (nSPS) is 12.4. The molecule has 0 saturated heterocycles. The van der Waals surface area contributed by atoms with E-state index >= 15 is 0 Å². The number of rotatable bonds is 4. The number of nitrogens with one attached hydrogen (secondary N) is 1. The third-order valence-electron chi connectivity index (χ3n) is 1.91. The number of benzene rings is 1. The van der Waals surface area contributed by atoms with Crippen LogP contribution in [0.15, 0.2) is 18.2 Å². The van der Waals surface area contributed by atoms with Crippen LogP contribution in [0, 0.1) is 6.92 Å². The molecule has 14 heavy (non-hydrogen) atoms. The highest BCUT2D eigenvalue weighted by atomic mass is 32.2. The SMILES string of the molecule is Cc1ccc(NCCS(C)=O)c(N)c1. The number of nitrogen functional groups attached to an aromatic ring is 1. The van der Waals surface area contributed by atoms with Gasteiger partial charge in [-0.2, -0.15) is 0 Å². The fourth-order valence-electron chi connectivity index (χ4n) is 1.17. The van der Waals surface area contributed by atoms with Crippen LogP contribution in [-0.2, 0) is 10.8 Å². The zero-order valence-electron chi connectivity index (χ0n) is 8.54. The van der Waals surface area contributed by atoms with Gasteiger partial charge in [-0.25, -0.2) is 0 Å². The van der Waals surface area contributed by atoms with Gasteiger partial charge in [0.05, 0.1) is 11.4 Å². The van der Waals surface area contributed by atoms with Crippen molar-refractivity contribution < 1.29 is 4.21 Å². The molecular weight excluding hydrogens is 196 g/mol. The molecule has 1 unspecified atom stereocenters. The number of anilines is 2. The summed E-state index contributed by atoms with van der Waals surface area (Å²) >= 11 is 0. The molecule has 0 fully saturated rings. The molecule has 0 heterocycles. The second-order valence-corrected chi connectivity index (χ2v) is 4.85. The molecule has 1 atom stereocenters. The monoisotopic (exact) mass is 212 g/mol. The molecule has 0 aliphatic rings. The summed E-state index contributed by atoms with van der Waals surface area (Å²) < 4.78 is 10.8. The molecule has 3 N–H and O–H groups in total. The molecule has 0 bridgehead atoms. The Hall–Kier alpha value is -1.03. The summed E-state index contributed by atoms with van der Waals surface area (Å²) in [5.74, 6) is 0.646. The Bertz CT molecular complexity index is 339. The maximum Gasteiger partial charge on any atom is 0.0574 e. The van der Waals surface area contributed by atoms with Crippen molar-refractivity contribution in [2.75, 3.05) is 29.6 Å². The average Bonchev–Trinajstić information content (AvgIpc) is 2.08. The van der Waals surface area contributed by atoms with E-state index in [-0.39, 0.29) is 0 Å². The van der Waals surface area contributed by atoms with Crippen LogP contribution in [0.5, 0.6) is 0 Å². The predicted octanol–water partition coefficient (Wildman–Crippen LogP) is 1.37. The van der Waals surface area contributed by atoms with E-state index in [0.717, 1.165) is 16.9 Å². The Balaban J connectivity index is 2.55. The molecule has 0 aliphatic carbocycles. The first kappa shape index (κ1) is 11.0. The molecule has 0 aliphatic heterocycles. The van der Waals surface area contributed by atoms with Crippen molar-refractivity contribution in [3.05, 3.63) is 23.8 Å². The van der Waals surface area contributed by atoms with Crippen LogP contribution in [0.25, 0.3) is 0 Å². The number of hydrogen-bond acceptors (Lipinski definition) is 3. The lowest BCUT2D eigenvalue weighted by Crippen LogP contribution is -2.11. The van der Waals surface area contributed by atoms with E-state index in [4.69, 9.17) is 5.73 Å². The molecule has 1 aromatic carbocycles. The Kier molecular flexibility index (Phi) is 3.95. The second kappa shape index (κ2) is 5.00. The lowest BCUT2D eigenvalue weighted by atomic mass is 10.2. The standard InChI is InChI=1S/C10H16N2OS/c1-8-3-4-10(9(11)7-8)12-5-6-14(2)13/h3-4,7,12H,5-6,11H2,1-2H3. The molecule has 0 radical (unpaired) electrons. The zero-order valence-corrected chi connectivity index (χ0v) is 9.36. The molecule has 78 valence electrons. The summed E-state index contributed by atoms with van der Waals surface area (Å²) in [6.45, 7) is 2.69. The van der Waals surface area contributed by atoms with E-state index in [2.05, 4.69) is 5.32 Å². The van der Waals surface area contributed by atoms with Crippen molar-refractivity contribution in [2.24, 2.45) is 0 Å². The van der Waals surface area contributed by atoms with Crippen molar-refractivity contribution in [3.63, 3.8) is 0 Å². The molecule has 1 rings (SSSR count). The first-order valence-corrected chi connectivity index (χ1v) is 6.22. The van der Waals surface area contributed by atoms with Gasteiger partial charge in [0.2, 0.25) is 0 Å². The summed E-state index contributed by atoms with van der Waals surface area (Å²) in [5, 5.41) is 3.15. The molecule has 4 heteroatoms. The van der Waals surface area contributed by atoms with Crippen molar-refractivity contribution in [1.82, 2.24) is 0 Å². The largest absolute Gasteiger partial charge is 0.397 e. The molecule has 0 aromatic heterocycles. The number of hydrogen-bond donors (Lipinski definition) is 2. The van der Waals surface area contributed by atoms with Crippen LogP contribution >= 0.6 is 0 Å². The summed E-state index contributed by atoms with van der Waals surface area (Å²) in [6.07, 6.45) is 1.69. The smallest absolute Gasteiger partial charge is 0.0574 e. The van der Waals surface area contributed by atoms with Gasteiger partial charge in [-0.3, -0.25) is 4.21 Å². The van der Waals surface area contributed by atoms with Gasteiger partial charge in [0.15, 0.2) is 0 Å². The van der Waals surface area contributed by atoms with Crippen LogP contribution in [0.1, 0.15) is 5.56 Å². The van der Waals surface area contributed by atoms with Gasteiger partial charge in [-0.05, 0) is 24.6 Å². The Morgan fingerprint density at radius 3 is 2.79 bits per heavy atom. The minimum Gasteiger partial charge on any atom is -0.397 e. The van der Waals surface area contributed by atoms with Gasteiger partial charge >= 0.3 is 0 Å². The molecule has 0 amide bonds. The summed E-state index contributed by atoms with van der Waals surface area (Å²) in [6, 6.07) is 5.87. The molecule has 0 spiro atoms. The third-order valence-corrected chi connectivity index (χ3v) is 2.69. The first-order valence-electron chi connectivity index (χ1n) is 4.49. The first-order chi connectivity index (χ1) is 6.59. The van der Waals surface area contributed by atoms with Crippen molar-refractivity contribution in [1.29, 1.82) is 0 Å². The van der Waals surface area contributed by atoms with Crippen LogP contribution < -0.4 is 11.1 Å². The summed E-state index contributed by atoms with van der Waals surface area (Å²) in [7, 11) is -0.754. The summed E-state index contributed by atoms with van der Waals surface area (Å²) in [5.41, 5.74) is 8.61. The van der Waals surface area contributed by atoms with Gasteiger partial charge in [-0.1, -0.05) is 6.07 Å². The number of nitrogens with two attached hydrogens (primary N) is 1. The highest BCUT2D eigenvalue weighted by molar-refractivity contribution is 7.84. The van der Waals surface area contributed by atoms with Crippen molar-refractivity contribution in [3.8, 4) is 0 Å². The topological polar surface area (TPSA) is 55.1 Å². The zero-order chi connectivity index (χ0) is 10.6. The number of aryl methyl sites for hydroxylation is 1. The van der Waals surface area contributed by atoms with Gasteiger partial charge in [0.25, 0.3) is 0 Å². The minimum absolute atomic E-state index is 0.646. The van der Waals surface area contributed by atoms with E-state index in [9.17, 15) is 4.21 Å². The maximum absolute atomic E-state index is 10.8. The fourth-order valence-corrected chi connectivity index (χ4v) is 1.56. The van der Waals surface area contributed by atoms with Crippen LogP contribution in [0.2, 0.25) is 0 Å². The average molecular weight is 212 g/mol. The van der Waals surface area contributed by atoms with Crippen LogP contribution in [0.4, 0.5) is 11.4 Å².